The number of thiazole rings is 1. The van der Waals surface area contributed by atoms with Crippen LogP contribution in [0.15, 0.2) is 12.4 Å². The highest BCUT2D eigenvalue weighted by Gasteiger charge is 2.22. The third-order valence-corrected chi connectivity index (χ3v) is 4.01. The van der Waals surface area contributed by atoms with Crippen LogP contribution in [0.2, 0.25) is 5.02 Å². The van der Waals surface area contributed by atoms with Gasteiger partial charge in [0.05, 0.1) is 28.0 Å². The van der Waals surface area contributed by atoms with E-state index in [1.807, 2.05) is 17.8 Å². The molecule has 0 aliphatic rings. The molecule has 2 aromatic rings. The molecular weight excluding hydrogens is 268 g/mol. The molecule has 2 heterocycles. The number of aromatic nitrogens is 3. The predicted octanol–water partition coefficient (Wildman–Crippen LogP) is 3.02. The largest absolute Gasteiger partial charge is 0.304 e. The van der Waals surface area contributed by atoms with E-state index in [1.165, 1.54) is 4.88 Å². The van der Waals surface area contributed by atoms with Crippen molar-refractivity contribution in [3.8, 4) is 0 Å². The zero-order chi connectivity index (χ0) is 13.1. The Hall–Kier alpha value is -0.910. The van der Waals surface area contributed by atoms with E-state index in [1.54, 1.807) is 17.5 Å². The van der Waals surface area contributed by atoms with E-state index in [4.69, 9.17) is 11.6 Å². The molecule has 98 valence electrons. The highest BCUT2D eigenvalue weighted by atomic mass is 35.5. The molecule has 0 saturated carbocycles. The molecule has 0 amide bonds. The molecule has 0 aliphatic heterocycles. The summed E-state index contributed by atoms with van der Waals surface area (Å²) in [6.07, 6.45) is 3.62. The summed E-state index contributed by atoms with van der Waals surface area (Å²) in [4.78, 5) is 5.49. The van der Waals surface area contributed by atoms with Gasteiger partial charge < -0.3 is 5.32 Å². The van der Waals surface area contributed by atoms with Crippen molar-refractivity contribution in [2.75, 3.05) is 6.54 Å². The maximum absolute atomic E-state index is 6.27. The zero-order valence-electron chi connectivity index (χ0n) is 10.8. The predicted molar refractivity (Wildman–Crippen MR) is 75.3 cm³/mol. The monoisotopic (exact) mass is 284 g/mol. The number of nitrogens with one attached hydrogen (secondary N) is 1. The minimum atomic E-state index is 0.0659. The average molecular weight is 285 g/mol. The minimum Gasteiger partial charge on any atom is -0.304 e. The molecule has 0 aromatic carbocycles. The molecule has 2 aromatic heterocycles. The van der Waals surface area contributed by atoms with E-state index in [0.29, 0.717) is 5.02 Å². The van der Waals surface area contributed by atoms with Gasteiger partial charge in [-0.15, -0.1) is 11.3 Å². The van der Waals surface area contributed by atoms with Gasteiger partial charge in [-0.1, -0.05) is 18.5 Å². The maximum atomic E-state index is 6.27. The third kappa shape index (κ3) is 2.58. The van der Waals surface area contributed by atoms with E-state index in [-0.39, 0.29) is 6.04 Å². The van der Waals surface area contributed by atoms with E-state index in [9.17, 15) is 0 Å². The number of aryl methyl sites for hydroxylation is 2. The van der Waals surface area contributed by atoms with Gasteiger partial charge in [0.25, 0.3) is 0 Å². The van der Waals surface area contributed by atoms with Crippen LogP contribution in [0, 0.1) is 6.92 Å². The lowest BCUT2D eigenvalue weighted by Gasteiger charge is -2.18. The Balaban J connectivity index is 2.43. The average Bonchev–Trinajstić information content (AvgIpc) is 2.93. The summed E-state index contributed by atoms with van der Waals surface area (Å²) < 4.78 is 1.94. The fourth-order valence-corrected chi connectivity index (χ4v) is 3.07. The smallest absolute Gasteiger partial charge is 0.0897 e. The SMILES string of the molecule is CCNC(c1cnc(C)s1)c1c(Cl)cnn1CC. The number of hydrogen-bond donors (Lipinski definition) is 1. The molecular formula is C12H17ClN4S. The van der Waals surface area contributed by atoms with Crippen LogP contribution in [0.3, 0.4) is 0 Å². The summed E-state index contributed by atoms with van der Waals surface area (Å²) in [5, 5.41) is 9.52. The number of rotatable bonds is 5. The van der Waals surface area contributed by atoms with Crippen molar-refractivity contribution in [3.63, 3.8) is 0 Å². The van der Waals surface area contributed by atoms with Gasteiger partial charge in [0.2, 0.25) is 0 Å². The van der Waals surface area contributed by atoms with Crippen molar-refractivity contribution >= 4 is 22.9 Å². The summed E-state index contributed by atoms with van der Waals surface area (Å²) in [6.45, 7) is 7.83. The number of nitrogens with zero attached hydrogens (tertiary/aromatic N) is 3. The van der Waals surface area contributed by atoms with Crippen molar-refractivity contribution in [1.29, 1.82) is 0 Å². The summed E-state index contributed by atoms with van der Waals surface area (Å²) in [5.74, 6) is 0. The Labute approximate surface area is 116 Å². The summed E-state index contributed by atoms with van der Waals surface area (Å²) in [6, 6.07) is 0.0659. The van der Waals surface area contributed by atoms with Gasteiger partial charge >= 0.3 is 0 Å². The van der Waals surface area contributed by atoms with Gasteiger partial charge in [0.1, 0.15) is 0 Å². The van der Waals surface area contributed by atoms with Gasteiger partial charge in [-0.05, 0) is 20.4 Å². The second-order valence-electron chi connectivity index (χ2n) is 3.97. The zero-order valence-corrected chi connectivity index (χ0v) is 12.3. The number of hydrogen-bond acceptors (Lipinski definition) is 4. The van der Waals surface area contributed by atoms with E-state index in [2.05, 4.69) is 29.2 Å². The lowest BCUT2D eigenvalue weighted by molar-refractivity contribution is 0.547. The molecule has 1 unspecified atom stereocenters. The lowest BCUT2D eigenvalue weighted by Crippen LogP contribution is -2.24. The highest BCUT2D eigenvalue weighted by Crippen LogP contribution is 2.31. The topological polar surface area (TPSA) is 42.7 Å². The molecule has 6 heteroatoms. The van der Waals surface area contributed by atoms with E-state index < -0.39 is 0 Å². The second-order valence-corrected chi connectivity index (χ2v) is 5.64. The van der Waals surface area contributed by atoms with Crippen LogP contribution < -0.4 is 5.32 Å². The van der Waals surface area contributed by atoms with Crippen LogP contribution >= 0.6 is 22.9 Å². The number of halogens is 1. The molecule has 2 rings (SSSR count). The van der Waals surface area contributed by atoms with Crippen LogP contribution in [-0.4, -0.2) is 21.3 Å². The fourth-order valence-electron chi connectivity index (χ4n) is 1.96. The van der Waals surface area contributed by atoms with Gasteiger partial charge in [-0.2, -0.15) is 5.10 Å². The Kier molecular flexibility index (Phi) is 4.37. The third-order valence-electron chi connectivity index (χ3n) is 2.74. The van der Waals surface area contributed by atoms with Crippen LogP contribution in [0.5, 0.6) is 0 Å². The van der Waals surface area contributed by atoms with Gasteiger partial charge in [-0.25, -0.2) is 4.98 Å². The first-order valence-electron chi connectivity index (χ1n) is 6.04. The summed E-state index contributed by atoms with van der Waals surface area (Å²) in [5.41, 5.74) is 1.02. The van der Waals surface area contributed by atoms with Gasteiger partial charge in [-0.3, -0.25) is 4.68 Å². The normalized spacial score (nSPS) is 12.9. The maximum Gasteiger partial charge on any atom is 0.0897 e. The molecule has 1 atom stereocenters. The molecule has 18 heavy (non-hydrogen) atoms. The Bertz CT molecular complexity index is 520. The van der Waals surface area contributed by atoms with Crippen molar-refractivity contribution in [1.82, 2.24) is 20.1 Å². The van der Waals surface area contributed by atoms with Gasteiger partial charge in [0.15, 0.2) is 0 Å². The van der Waals surface area contributed by atoms with Crippen molar-refractivity contribution in [3.05, 3.63) is 33.0 Å². The lowest BCUT2D eigenvalue weighted by atomic mass is 10.2. The first-order valence-corrected chi connectivity index (χ1v) is 7.23. The Morgan fingerprint density at radius 2 is 2.22 bits per heavy atom. The second kappa shape index (κ2) is 5.82. The molecule has 0 radical (unpaired) electrons. The highest BCUT2D eigenvalue weighted by molar-refractivity contribution is 7.11. The quantitative estimate of drug-likeness (QED) is 0.918. The van der Waals surface area contributed by atoms with Crippen molar-refractivity contribution in [2.24, 2.45) is 0 Å². The Morgan fingerprint density at radius 3 is 2.78 bits per heavy atom. The van der Waals surface area contributed by atoms with Crippen LogP contribution in [-0.2, 0) is 6.54 Å². The molecule has 0 aliphatic carbocycles. The molecule has 0 bridgehead atoms. The molecule has 4 nitrogen and oxygen atoms in total. The van der Waals surface area contributed by atoms with E-state index >= 15 is 0 Å². The van der Waals surface area contributed by atoms with Crippen LogP contribution in [0.1, 0.15) is 35.5 Å². The minimum absolute atomic E-state index is 0.0659. The molecule has 0 saturated heterocycles. The Morgan fingerprint density at radius 1 is 1.44 bits per heavy atom. The summed E-state index contributed by atoms with van der Waals surface area (Å²) >= 11 is 7.96. The van der Waals surface area contributed by atoms with Crippen LogP contribution in [0.25, 0.3) is 0 Å². The summed E-state index contributed by atoms with van der Waals surface area (Å²) in [7, 11) is 0. The van der Waals surface area contributed by atoms with Crippen molar-refractivity contribution < 1.29 is 0 Å². The molecule has 0 spiro atoms. The first-order chi connectivity index (χ1) is 8.67. The van der Waals surface area contributed by atoms with Gasteiger partial charge in [0, 0.05) is 17.6 Å². The standard InChI is InChI=1S/C12H17ClN4S/c1-4-14-11(10-7-15-8(3)18-10)12-9(13)6-16-17(12)5-2/h6-7,11,14H,4-5H2,1-3H3. The van der Waals surface area contributed by atoms with E-state index in [0.717, 1.165) is 23.8 Å². The van der Waals surface area contributed by atoms with Crippen LogP contribution in [0.4, 0.5) is 0 Å². The fraction of sp³-hybridized carbons (Fsp3) is 0.500. The molecule has 1 N–H and O–H groups in total. The molecule has 0 fully saturated rings. The first kappa shape index (κ1) is 13.5. The van der Waals surface area contributed by atoms with Crippen molar-refractivity contribution in [2.45, 2.75) is 33.4 Å².